The van der Waals surface area contributed by atoms with Crippen LogP contribution in [-0.2, 0) is 6.54 Å². The van der Waals surface area contributed by atoms with E-state index in [9.17, 15) is 0 Å². The maximum atomic E-state index is 6.04. The Morgan fingerprint density at radius 2 is 2.20 bits per heavy atom. The zero-order valence-corrected chi connectivity index (χ0v) is 15.6. The fourth-order valence-corrected chi connectivity index (χ4v) is 3.54. The summed E-state index contributed by atoms with van der Waals surface area (Å²) in [5, 5.41) is 8.77. The molecule has 1 atom stereocenters. The van der Waals surface area contributed by atoms with E-state index in [0.717, 1.165) is 47.0 Å². The maximum Gasteiger partial charge on any atom is 0.0918 e. The average Bonchev–Trinajstić information content (AvgIpc) is 3.01. The lowest BCUT2D eigenvalue weighted by Gasteiger charge is -2.36. The standard InChI is InChI=1S/C20H27ClN4/c1-4-14(2)25-9-5-6-18(13-25)23-15(3)22-12-19-11-16-10-17(21)7-8-20(16)24-19/h7-8,10-11,18,22-24H,2-6,9,12-13H2,1H3. The molecule has 3 N–H and O–H groups in total. The molecule has 2 aromatic rings. The first kappa shape index (κ1) is 17.7. The highest BCUT2D eigenvalue weighted by Gasteiger charge is 2.20. The van der Waals surface area contributed by atoms with Crippen LogP contribution in [-0.4, -0.2) is 29.0 Å². The molecule has 0 radical (unpaired) electrons. The SMILES string of the molecule is C=C(NCc1cc2cc(Cl)ccc2[nH]1)NC1CCCN(C(=C)CC)C1. The number of H-pyrrole nitrogens is 1. The number of piperidine rings is 1. The van der Waals surface area contributed by atoms with Crippen molar-refractivity contribution in [3.05, 3.63) is 59.7 Å². The predicted octanol–water partition coefficient (Wildman–Crippen LogP) is 4.36. The van der Waals surface area contributed by atoms with Crippen LogP contribution in [0.25, 0.3) is 10.9 Å². The van der Waals surface area contributed by atoms with E-state index in [4.69, 9.17) is 11.6 Å². The number of halogens is 1. The van der Waals surface area contributed by atoms with Gasteiger partial charge in [0.15, 0.2) is 0 Å². The normalized spacial score (nSPS) is 17.5. The highest BCUT2D eigenvalue weighted by molar-refractivity contribution is 6.31. The molecule has 0 aliphatic carbocycles. The summed E-state index contributed by atoms with van der Waals surface area (Å²) in [6, 6.07) is 8.41. The van der Waals surface area contributed by atoms with Crippen LogP contribution in [0.5, 0.6) is 0 Å². The number of likely N-dealkylation sites (tertiary alicyclic amines) is 1. The second kappa shape index (κ2) is 7.87. The van der Waals surface area contributed by atoms with E-state index in [-0.39, 0.29) is 0 Å². The van der Waals surface area contributed by atoms with Crippen molar-refractivity contribution >= 4 is 22.5 Å². The zero-order chi connectivity index (χ0) is 17.8. The number of benzene rings is 1. The predicted molar refractivity (Wildman–Crippen MR) is 106 cm³/mol. The van der Waals surface area contributed by atoms with Crippen molar-refractivity contribution in [3.63, 3.8) is 0 Å². The van der Waals surface area contributed by atoms with Crippen molar-refractivity contribution in [2.75, 3.05) is 13.1 Å². The first-order chi connectivity index (χ1) is 12.0. The lowest BCUT2D eigenvalue weighted by atomic mass is 10.0. The van der Waals surface area contributed by atoms with E-state index in [2.05, 4.69) is 46.7 Å². The van der Waals surface area contributed by atoms with Gasteiger partial charge >= 0.3 is 0 Å². The molecular weight excluding hydrogens is 332 g/mol. The smallest absolute Gasteiger partial charge is 0.0918 e. The summed E-state index contributed by atoms with van der Waals surface area (Å²) < 4.78 is 0. The van der Waals surface area contributed by atoms with E-state index in [0.29, 0.717) is 12.6 Å². The first-order valence-corrected chi connectivity index (χ1v) is 9.32. The van der Waals surface area contributed by atoms with Gasteiger partial charge in [-0.25, -0.2) is 0 Å². The van der Waals surface area contributed by atoms with Crippen LogP contribution >= 0.6 is 11.6 Å². The van der Waals surface area contributed by atoms with E-state index in [1.54, 1.807) is 0 Å². The van der Waals surface area contributed by atoms with Gasteiger partial charge in [0, 0.05) is 46.4 Å². The van der Waals surface area contributed by atoms with E-state index in [1.807, 2.05) is 18.2 Å². The molecule has 1 aromatic heterocycles. The van der Waals surface area contributed by atoms with Crippen molar-refractivity contribution in [1.29, 1.82) is 0 Å². The Morgan fingerprint density at radius 1 is 1.36 bits per heavy atom. The lowest BCUT2D eigenvalue weighted by Crippen LogP contribution is -2.46. The van der Waals surface area contributed by atoms with Crippen molar-refractivity contribution < 1.29 is 0 Å². The molecule has 1 aliphatic rings. The van der Waals surface area contributed by atoms with Gasteiger partial charge < -0.3 is 20.5 Å². The molecule has 25 heavy (non-hydrogen) atoms. The Hall–Kier alpha value is -2.07. The minimum absolute atomic E-state index is 0.415. The maximum absolute atomic E-state index is 6.04. The quantitative estimate of drug-likeness (QED) is 0.689. The molecule has 0 spiro atoms. The number of fused-ring (bicyclic) bond motifs is 1. The molecule has 1 aromatic carbocycles. The first-order valence-electron chi connectivity index (χ1n) is 8.94. The molecule has 1 unspecified atom stereocenters. The summed E-state index contributed by atoms with van der Waals surface area (Å²) in [4.78, 5) is 5.79. The zero-order valence-electron chi connectivity index (χ0n) is 14.9. The molecular formula is C20H27ClN4. The van der Waals surface area contributed by atoms with Crippen molar-refractivity contribution in [2.24, 2.45) is 0 Å². The van der Waals surface area contributed by atoms with Crippen LogP contribution in [0.4, 0.5) is 0 Å². The van der Waals surface area contributed by atoms with Gasteiger partial charge in [-0.1, -0.05) is 31.7 Å². The summed E-state index contributed by atoms with van der Waals surface area (Å²) in [7, 11) is 0. The van der Waals surface area contributed by atoms with Gasteiger partial charge in [0.2, 0.25) is 0 Å². The van der Waals surface area contributed by atoms with Crippen LogP contribution in [0.15, 0.2) is 48.9 Å². The monoisotopic (exact) mass is 358 g/mol. The number of nitrogens with one attached hydrogen (secondary N) is 3. The molecule has 1 fully saturated rings. The minimum Gasteiger partial charge on any atom is -0.373 e. The van der Waals surface area contributed by atoms with Crippen molar-refractivity contribution in [2.45, 2.75) is 38.8 Å². The average molecular weight is 359 g/mol. The molecule has 0 bridgehead atoms. The van der Waals surface area contributed by atoms with Crippen LogP contribution < -0.4 is 10.6 Å². The van der Waals surface area contributed by atoms with Gasteiger partial charge in [-0.3, -0.25) is 0 Å². The van der Waals surface area contributed by atoms with E-state index >= 15 is 0 Å². The van der Waals surface area contributed by atoms with Gasteiger partial charge in [0.05, 0.1) is 12.4 Å². The molecule has 0 saturated carbocycles. The highest BCUT2D eigenvalue weighted by Crippen LogP contribution is 2.20. The number of nitrogens with zero attached hydrogens (tertiary/aromatic N) is 1. The molecule has 4 nitrogen and oxygen atoms in total. The Kier molecular flexibility index (Phi) is 5.59. The third-order valence-electron chi connectivity index (χ3n) is 4.79. The van der Waals surface area contributed by atoms with Crippen LogP contribution in [0.1, 0.15) is 31.9 Å². The number of allylic oxidation sites excluding steroid dienone is 1. The van der Waals surface area contributed by atoms with Gasteiger partial charge in [-0.2, -0.15) is 0 Å². The van der Waals surface area contributed by atoms with Gasteiger partial charge in [-0.15, -0.1) is 0 Å². The van der Waals surface area contributed by atoms with Crippen LogP contribution in [0.2, 0.25) is 5.02 Å². The molecule has 1 saturated heterocycles. The second-order valence-electron chi connectivity index (χ2n) is 6.71. The number of aromatic nitrogens is 1. The lowest BCUT2D eigenvalue weighted by molar-refractivity contribution is 0.236. The molecule has 134 valence electrons. The molecule has 2 heterocycles. The van der Waals surface area contributed by atoms with E-state index in [1.165, 1.54) is 18.5 Å². The molecule has 5 heteroatoms. The summed E-state index contributed by atoms with van der Waals surface area (Å²) in [6.07, 6.45) is 3.36. The van der Waals surface area contributed by atoms with Crippen LogP contribution in [0.3, 0.4) is 0 Å². The topological polar surface area (TPSA) is 43.1 Å². The van der Waals surface area contributed by atoms with Crippen molar-refractivity contribution in [1.82, 2.24) is 20.5 Å². The summed E-state index contributed by atoms with van der Waals surface area (Å²) in [5.41, 5.74) is 3.44. The Morgan fingerprint density at radius 3 is 3.00 bits per heavy atom. The third kappa shape index (κ3) is 4.51. The molecule has 3 rings (SSSR count). The van der Waals surface area contributed by atoms with Gasteiger partial charge in [0.25, 0.3) is 0 Å². The van der Waals surface area contributed by atoms with Gasteiger partial charge in [0.1, 0.15) is 0 Å². The Labute approximate surface area is 154 Å². The van der Waals surface area contributed by atoms with Crippen molar-refractivity contribution in [3.8, 4) is 0 Å². The highest BCUT2D eigenvalue weighted by atomic mass is 35.5. The second-order valence-corrected chi connectivity index (χ2v) is 7.14. The van der Waals surface area contributed by atoms with Crippen LogP contribution in [0, 0.1) is 0 Å². The molecule has 1 aliphatic heterocycles. The number of hydrogen-bond donors (Lipinski definition) is 3. The Bertz CT molecular complexity index is 764. The number of hydrogen-bond acceptors (Lipinski definition) is 3. The fraction of sp³-hybridized carbons (Fsp3) is 0.400. The number of rotatable bonds is 7. The number of aromatic amines is 1. The fourth-order valence-electron chi connectivity index (χ4n) is 3.36. The van der Waals surface area contributed by atoms with E-state index < -0.39 is 0 Å². The summed E-state index contributed by atoms with van der Waals surface area (Å²) in [5.74, 6) is 0.866. The molecule has 0 amide bonds. The minimum atomic E-state index is 0.415. The largest absolute Gasteiger partial charge is 0.373 e. The summed E-state index contributed by atoms with van der Waals surface area (Å²) in [6.45, 7) is 13.3. The van der Waals surface area contributed by atoms with Gasteiger partial charge in [-0.05, 0) is 43.5 Å². The Balaban J connectivity index is 1.51. The third-order valence-corrected chi connectivity index (χ3v) is 5.02. The summed E-state index contributed by atoms with van der Waals surface area (Å²) >= 11 is 6.04.